The molecule has 0 aromatic carbocycles. The van der Waals surface area contributed by atoms with Gasteiger partial charge in [0.05, 0.1) is 0 Å². The van der Waals surface area contributed by atoms with Gasteiger partial charge in [-0.25, -0.2) is 0 Å². The zero-order chi connectivity index (χ0) is 9.31. The minimum Gasteiger partial charge on any atom is -0.311 e. The lowest BCUT2D eigenvalue weighted by atomic mass is 9.92. The lowest BCUT2D eigenvalue weighted by Crippen LogP contribution is -2.31. The Bertz CT molecular complexity index is 173. The van der Waals surface area contributed by atoms with Crippen molar-refractivity contribution in [2.24, 2.45) is 5.92 Å². The van der Waals surface area contributed by atoms with Crippen molar-refractivity contribution in [3.8, 4) is 0 Å². The molecule has 2 aliphatic heterocycles. The van der Waals surface area contributed by atoms with E-state index >= 15 is 0 Å². The molecule has 13 heavy (non-hydrogen) atoms. The Hall–Kier alpha value is 0.310. The van der Waals surface area contributed by atoms with Crippen LogP contribution in [-0.2, 0) is 0 Å². The summed E-state index contributed by atoms with van der Waals surface area (Å²) < 4.78 is 0. The van der Waals surface area contributed by atoms with Crippen LogP contribution in [0.2, 0.25) is 0 Å². The molecule has 2 fully saturated rings. The second-order valence-corrected chi connectivity index (χ2v) is 6.48. The van der Waals surface area contributed by atoms with Crippen LogP contribution < -0.4 is 5.32 Å². The summed E-state index contributed by atoms with van der Waals surface area (Å²) >= 11 is 2.22. The summed E-state index contributed by atoms with van der Waals surface area (Å²) in [5.41, 5.74) is 0.405. The molecule has 1 N–H and O–H groups in total. The van der Waals surface area contributed by atoms with Gasteiger partial charge < -0.3 is 5.32 Å². The maximum absolute atomic E-state index is 3.63. The van der Waals surface area contributed by atoms with E-state index in [1.54, 1.807) is 0 Å². The summed E-state index contributed by atoms with van der Waals surface area (Å²) in [4.78, 5) is 0. The van der Waals surface area contributed by atoms with E-state index in [0.717, 1.165) is 11.2 Å². The molecule has 0 amide bonds. The molecule has 1 nitrogen and oxygen atoms in total. The van der Waals surface area contributed by atoms with E-state index in [9.17, 15) is 0 Å². The number of rotatable bonds is 1. The van der Waals surface area contributed by atoms with Crippen LogP contribution in [0.5, 0.6) is 0 Å². The zero-order valence-electron chi connectivity index (χ0n) is 8.81. The van der Waals surface area contributed by atoms with Crippen LogP contribution in [0.1, 0.15) is 39.5 Å². The Labute approximate surface area is 86.0 Å². The Kier molecular flexibility index (Phi) is 2.89. The molecule has 0 saturated carbocycles. The third kappa shape index (κ3) is 2.41. The topological polar surface area (TPSA) is 12.0 Å². The average molecular weight is 199 g/mol. The third-order valence-corrected chi connectivity index (χ3v) is 4.93. The number of thioether (sulfide) groups is 1. The lowest BCUT2D eigenvalue weighted by molar-refractivity contribution is 0.428. The molecule has 76 valence electrons. The molecular weight excluding hydrogens is 178 g/mol. The number of nitrogens with one attached hydrogen (secondary N) is 1. The Morgan fingerprint density at radius 1 is 1.31 bits per heavy atom. The van der Waals surface area contributed by atoms with Crippen LogP contribution in [0.25, 0.3) is 0 Å². The van der Waals surface area contributed by atoms with E-state index in [4.69, 9.17) is 0 Å². The van der Waals surface area contributed by atoms with Gasteiger partial charge in [-0.15, -0.1) is 0 Å². The standard InChI is InChI=1S/C11H21NS/c1-11(2)7-9(8-12-11)10-5-3-4-6-13-10/h9-10,12H,3-8H2,1-2H3. The lowest BCUT2D eigenvalue weighted by Gasteiger charge is -2.27. The van der Waals surface area contributed by atoms with Crippen molar-refractivity contribution >= 4 is 11.8 Å². The fourth-order valence-electron chi connectivity index (χ4n) is 2.61. The highest BCUT2D eigenvalue weighted by atomic mass is 32.2. The van der Waals surface area contributed by atoms with Crippen molar-refractivity contribution in [3.05, 3.63) is 0 Å². The predicted molar refractivity (Wildman–Crippen MR) is 60.3 cm³/mol. The molecule has 2 unspecified atom stereocenters. The first-order valence-electron chi connectivity index (χ1n) is 5.54. The van der Waals surface area contributed by atoms with E-state index < -0.39 is 0 Å². The second kappa shape index (κ2) is 3.82. The fraction of sp³-hybridized carbons (Fsp3) is 1.00. The van der Waals surface area contributed by atoms with Crippen molar-refractivity contribution in [2.75, 3.05) is 12.3 Å². The van der Waals surface area contributed by atoms with E-state index in [1.807, 2.05) is 0 Å². The molecule has 0 radical (unpaired) electrons. The van der Waals surface area contributed by atoms with E-state index in [2.05, 4.69) is 30.9 Å². The van der Waals surface area contributed by atoms with Gasteiger partial charge in [-0.1, -0.05) is 6.42 Å². The zero-order valence-corrected chi connectivity index (χ0v) is 9.62. The Balaban J connectivity index is 1.87. The highest BCUT2D eigenvalue weighted by Gasteiger charge is 2.35. The first-order valence-corrected chi connectivity index (χ1v) is 6.59. The smallest absolute Gasteiger partial charge is 0.0128 e. The SMILES string of the molecule is CC1(C)CC(C2CCCCS2)CN1. The Morgan fingerprint density at radius 2 is 2.15 bits per heavy atom. The molecule has 2 aliphatic rings. The van der Waals surface area contributed by atoms with Gasteiger partial charge in [-0.2, -0.15) is 11.8 Å². The van der Waals surface area contributed by atoms with Gasteiger partial charge >= 0.3 is 0 Å². The molecular formula is C11H21NS. The van der Waals surface area contributed by atoms with Gasteiger partial charge in [0.25, 0.3) is 0 Å². The molecule has 0 aromatic rings. The highest BCUT2D eigenvalue weighted by molar-refractivity contribution is 7.99. The molecule has 0 aromatic heterocycles. The Morgan fingerprint density at radius 3 is 2.69 bits per heavy atom. The highest BCUT2D eigenvalue weighted by Crippen LogP contribution is 2.37. The van der Waals surface area contributed by atoms with Gasteiger partial charge in [-0.3, -0.25) is 0 Å². The van der Waals surface area contributed by atoms with E-state index in [-0.39, 0.29) is 0 Å². The van der Waals surface area contributed by atoms with Gasteiger partial charge in [0.15, 0.2) is 0 Å². The van der Waals surface area contributed by atoms with Crippen LogP contribution in [0.4, 0.5) is 0 Å². The van der Waals surface area contributed by atoms with Crippen molar-refractivity contribution < 1.29 is 0 Å². The molecule has 2 atom stereocenters. The largest absolute Gasteiger partial charge is 0.311 e. The normalized spacial score (nSPS) is 39.2. The minimum absolute atomic E-state index is 0.405. The van der Waals surface area contributed by atoms with Crippen molar-refractivity contribution in [1.82, 2.24) is 5.32 Å². The van der Waals surface area contributed by atoms with Crippen LogP contribution in [-0.4, -0.2) is 23.1 Å². The number of hydrogen-bond donors (Lipinski definition) is 1. The van der Waals surface area contributed by atoms with Gasteiger partial charge in [0.1, 0.15) is 0 Å². The molecule has 2 heteroatoms. The van der Waals surface area contributed by atoms with E-state index in [1.165, 1.54) is 38.0 Å². The number of hydrogen-bond acceptors (Lipinski definition) is 2. The quantitative estimate of drug-likeness (QED) is 0.697. The summed E-state index contributed by atoms with van der Waals surface area (Å²) in [7, 11) is 0. The van der Waals surface area contributed by atoms with Gasteiger partial charge in [-0.05, 0) is 51.3 Å². The summed E-state index contributed by atoms with van der Waals surface area (Å²) in [6, 6.07) is 0. The van der Waals surface area contributed by atoms with Crippen LogP contribution in [0.3, 0.4) is 0 Å². The first-order chi connectivity index (χ1) is 6.17. The van der Waals surface area contributed by atoms with Crippen LogP contribution in [0, 0.1) is 5.92 Å². The summed E-state index contributed by atoms with van der Waals surface area (Å²) in [5, 5.41) is 4.59. The monoisotopic (exact) mass is 199 g/mol. The molecule has 0 aliphatic carbocycles. The molecule has 0 bridgehead atoms. The van der Waals surface area contributed by atoms with Crippen molar-refractivity contribution in [3.63, 3.8) is 0 Å². The maximum atomic E-state index is 3.63. The van der Waals surface area contributed by atoms with Crippen LogP contribution >= 0.6 is 11.8 Å². The molecule has 2 saturated heterocycles. The van der Waals surface area contributed by atoms with Gasteiger partial charge in [0, 0.05) is 10.8 Å². The average Bonchev–Trinajstić information content (AvgIpc) is 2.48. The third-order valence-electron chi connectivity index (χ3n) is 3.36. The van der Waals surface area contributed by atoms with Crippen LogP contribution in [0.15, 0.2) is 0 Å². The summed E-state index contributed by atoms with van der Waals surface area (Å²) in [6.07, 6.45) is 5.76. The predicted octanol–water partition coefficient (Wildman–Crippen LogP) is 2.66. The minimum atomic E-state index is 0.405. The summed E-state index contributed by atoms with van der Waals surface area (Å²) in [5.74, 6) is 2.35. The van der Waals surface area contributed by atoms with E-state index in [0.29, 0.717) is 5.54 Å². The van der Waals surface area contributed by atoms with Crippen molar-refractivity contribution in [1.29, 1.82) is 0 Å². The fourth-order valence-corrected chi connectivity index (χ4v) is 4.08. The first kappa shape index (κ1) is 9.85. The molecule has 2 heterocycles. The van der Waals surface area contributed by atoms with Crippen molar-refractivity contribution in [2.45, 2.75) is 50.3 Å². The van der Waals surface area contributed by atoms with Gasteiger partial charge in [0.2, 0.25) is 0 Å². The molecule has 0 spiro atoms. The summed E-state index contributed by atoms with van der Waals surface area (Å²) in [6.45, 7) is 5.92. The maximum Gasteiger partial charge on any atom is 0.0128 e. The molecule has 2 rings (SSSR count). The second-order valence-electron chi connectivity index (χ2n) is 5.13.